The maximum Gasteiger partial charge on any atom is 0.254 e. The van der Waals surface area contributed by atoms with Crippen molar-refractivity contribution in [2.45, 2.75) is 0 Å². The third-order valence-electron chi connectivity index (χ3n) is 2.42. The molecule has 5 nitrogen and oxygen atoms in total. The maximum atomic E-state index is 11.2. The number of rotatable bonds is 2. The molecule has 0 bridgehead atoms. The van der Waals surface area contributed by atoms with Crippen LogP contribution in [0.4, 0.5) is 0 Å². The van der Waals surface area contributed by atoms with Gasteiger partial charge >= 0.3 is 0 Å². The molecule has 0 saturated heterocycles. The third kappa shape index (κ3) is 1.99. The molecule has 2 N–H and O–H groups in total. The zero-order chi connectivity index (χ0) is 12.4. The molecule has 0 aliphatic heterocycles. The lowest BCUT2D eigenvalue weighted by Crippen LogP contribution is -2.21. The summed E-state index contributed by atoms with van der Waals surface area (Å²) in [5, 5.41) is 0.741. The maximum absolute atomic E-state index is 11.2. The zero-order valence-corrected chi connectivity index (χ0v) is 9.56. The highest BCUT2D eigenvalue weighted by Crippen LogP contribution is 2.20. The van der Waals surface area contributed by atoms with E-state index in [0.29, 0.717) is 11.3 Å². The molecule has 1 aromatic heterocycles. The number of nitrogens with zero attached hydrogens (tertiary/aromatic N) is 1. The Morgan fingerprint density at radius 3 is 2.76 bits per heavy atom. The van der Waals surface area contributed by atoms with Gasteiger partial charge in [-0.15, -0.1) is 0 Å². The van der Waals surface area contributed by atoms with E-state index in [4.69, 9.17) is 14.9 Å². The molecule has 0 fully saturated rings. The predicted molar refractivity (Wildman–Crippen MR) is 62.8 cm³/mol. The Balaban J connectivity index is 2.79. The highest BCUT2D eigenvalue weighted by atomic mass is 16.5. The average Bonchev–Trinajstić information content (AvgIpc) is 2.36. The number of amides is 1. The number of hydrogen-bond donors (Lipinski definition) is 1. The van der Waals surface area contributed by atoms with Gasteiger partial charge in [-0.1, -0.05) is 0 Å². The topological polar surface area (TPSA) is 77.8 Å². The minimum atomic E-state index is -0.570. The Bertz CT molecular complexity index is 644. The number of ether oxygens (including phenoxy) is 1. The van der Waals surface area contributed by atoms with Crippen molar-refractivity contribution in [2.75, 3.05) is 14.2 Å². The van der Waals surface area contributed by atoms with Crippen LogP contribution in [0.15, 0.2) is 33.7 Å². The van der Waals surface area contributed by atoms with Gasteiger partial charge in [-0.3, -0.25) is 9.79 Å². The van der Waals surface area contributed by atoms with Crippen LogP contribution in [0.5, 0.6) is 5.75 Å². The van der Waals surface area contributed by atoms with E-state index in [9.17, 15) is 4.79 Å². The lowest BCUT2D eigenvalue weighted by molar-refractivity contribution is 0.0996. The standard InChI is InChI=1S/C12H12N2O3/c1-14-12-9(11(13)15)6-7-5-8(16-2)3-4-10(7)17-12/h3-6H,1-2H3,(H2,13,15). The number of benzene rings is 1. The van der Waals surface area contributed by atoms with Gasteiger partial charge in [-0.25, -0.2) is 0 Å². The molecule has 0 atom stereocenters. The van der Waals surface area contributed by atoms with Gasteiger partial charge < -0.3 is 14.9 Å². The lowest BCUT2D eigenvalue weighted by Gasteiger charge is -2.03. The van der Waals surface area contributed by atoms with Crippen LogP contribution >= 0.6 is 0 Å². The van der Waals surface area contributed by atoms with Crippen LogP contribution < -0.4 is 16.0 Å². The Morgan fingerprint density at radius 1 is 1.41 bits per heavy atom. The first-order chi connectivity index (χ1) is 8.15. The monoisotopic (exact) mass is 232 g/mol. The van der Waals surface area contributed by atoms with E-state index in [2.05, 4.69) is 4.99 Å². The Kier molecular flexibility index (Phi) is 2.82. The van der Waals surface area contributed by atoms with Crippen molar-refractivity contribution in [1.82, 2.24) is 0 Å². The van der Waals surface area contributed by atoms with E-state index >= 15 is 0 Å². The fourth-order valence-corrected chi connectivity index (χ4v) is 1.58. The molecular formula is C12H12N2O3. The Hall–Kier alpha value is -2.30. The molecule has 2 rings (SSSR count). The summed E-state index contributed by atoms with van der Waals surface area (Å²) in [5.74, 6) is 0.114. The van der Waals surface area contributed by atoms with Crippen LogP contribution in [-0.4, -0.2) is 20.1 Å². The van der Waals surface area contributed by atoms with Gasteiger partial charge in [0.05, 0.1) is 7.11 Å². The summed E-state index contributed by atoms with van der Waals surface area (Å²) in [5.41, 5.74) is 6.37. The highest BCUT2D eigenvalue weighted by molar-refractivity contribution is 5.95. The SMILES string of the molecule is CN=c1oc2ccc(OC)cc2cc1C(N)=O. The number of hydrogen-bond acceptors (Lipinski definition) is 4. The van der Waals surface area contributed by atoms with Gasteiger partial charge in [0, 0.05) is 12.4 Å². The molecule has 0 radical (unpaired) electrons. The van der Waals surface area contributed by atoms with Gasteiger partial charge in [-0.05, 0) is 24.3 Å². The molecule has 0 aliphatic carbocycles. The number of fused-ring (bicyclic) bond motifs is 1. The van der Waals surface area contributed by atoms with Gasteiger partial charge in [0.1, 0.15) is 16.9 Å². The van der Waals surface area contributed by atoms with Crippen molar-refractivity contribution in [2.24, 2.45) is 10.7 Å². The molecule has 1 heterocycles. The molecule has 17 heavy (non-hydrogen) atoms. The quantitative estimate of drug-likeness (QED) is 0.841. The van der Waals surface area contributed by atoms with Gasteiger partial charge in [0.2, 0.25) is 5.55 Å². The van der Waals surface area contributed by atoms with E-state index in [0.717, 1.165) is 5.39 Å². The fourth-order valence-electron chi connectivity index (χ4n) is 1.58. The van der Waals surface area contributed by atoms with Crippen LogP contribution in [0.2, 0.25) is 0 Å². The molecular weight excluding hydrogens is 220 g/mol. The number of nitrogens with two attached hydrogens (primary N) is 1. The predicted octanol–water partition coefficient (Wildman–Crippen LogP) is 1.07. The van der Waals surface area contributed by atoms with Crippen molar-refractivity contribution < 1.29 is 13.9 Å². The lowest BCUT2D eigenvalue weighted by atomic mass is 10.1. The molecule has 2 aromatic rings. The summed E-state index contributed by atoms with van der Waals surface area (Å²) < 4.78 is 10.6. The number of carbonyl (C=O) groups is 1. The fraction of sp³-hybridized carbons (Fsp3) is 0.167. The second-order valence-electron chi connectivity index (χ2n) is 3.46. The number of primary amides is 1. The van der Waals surface area contributed by atoms with Gasteiger partial charge in [0.25, 0.3) is 5.91 Å². The van der Waals surface area contributed by atoms with Crippen LogP contribution in [0.25, 0.3) is 11.0 Å². The normalized spacial score (nSPS) is 11.8. The molecule has 5 heteroatoms. The molecule has 0 spiro atoms. The van der Waals surface area contributed by atoms with E-state index in [1.54, 1.807) is 38.4 Å². The van der Waals surface area contributed by atoms with Crippen molar-refractivity contribution in [3.63, 3.8) is 0 Å². The highest BCUT2D eigenvalue weighted by Gasteiger charge is 2.08. The third-order valence-corrected chi connectivity index (χ3v) is 2.42. The summed E-state index contributed by atoms with van der Waals surface area (Å²) >= 11 is 0. The molecule has 88 valence electrons. The molecule has 1 aromatic carbocycles. The number of carbonyl (C=O) groups excluding carboxylic acids is 1. The van der Waals surface area contributed by atoms with Crippen LogP contribution in [0, 0.1) is 0 Å². The van der Waals surface area contributed by atoms with Crippen LogP contribution in [-0.2, 0) is 0 Å². The Labute approximate surface area is 97.5 Å². The summed E-state index contributed by atoms with van der Waals surface area (Å²) in [6.07, 6.45) is 0. The van der Waals surface area contributed by atoms with E-state index in [-0.39, 0.29) is 11.1 Å². The van der Waals surface area contributed by atoms with Crippen molar-refractivity contribution >= 4 is 16.9 Å². The van der Waals surface area contributed by atoms with Gasteiger partial charge in [-0.2, -0.15) is 0 Å². The van der Waals surface area contributed by atoms with E-state index in [1.165, 1.54) is 0 Å². The Morgan fingerprint density at radius 2 is 2.18 bits per heavy atom. The molecule has 0 aliphatic rings. The van der Waals surface area contributed by atoms with Crippen molar-refractivity contribution in [1.29, 1.82) is 0 Å². The van der Waals surface area contributed by atoms with Crippen LogP contribution in [0.1, 0.15) is 10.4 Å². The minimum absolute atomic E-state index is 0.232. The van der Waals surface area contributed by atoms with E-state index in [1.807, 2.05) is 0 Å². The van der Waals surface area contributed by atoms with E-state index < -0.39 is 5.91 Å². The largest absolute Gasteiger partial charge is 0.497 e. The molecule has 0 unspecified atom stereocenters. The second-order valence-corrected chi connectivity index (χ2v) is 3.46. The summed E-state index contributed by atoms with van der Waals surface area (Å²) in [7, 11) is 3.11. The summed E-state index contributed by atoms with van der Waals surface area (Å²) in [6.45, 7) is 0. The zero-order valence-electron chi connectivity index (χ0n) is 9.56. The van der Waals surface area contributed by atoms with Crippen molar-refractivity contribution in [3.05, 3.63) is 35.4 Å². The smallest absolute Gasteiger partial charge is 0.254 e. The minimum Gasteiger partial charge on any atom is -0.497 e. The summed E-state index contributed by atoms with van der Waals surface area (Å²) in [4.78, 5) is 15.1. The molecule has 0 saturated carbocycles. The average molecular weight is 232 g/mol. The molecule has 1 amide bonds. The van der Waals surface area contributed by atoms with Gasteiger partial charge in [0.15, 0.2) is 0 Å². The van der Waals surface area contributed by atoms with Crippen LogP contribution in [0.3, 0.4) is 0 Å². The second kappa shape index (κ2) is 4.29. The van der Waals surface area contributed by atoms with Crippen molar-refractivity contribution in [3.8, 4) is 5.75 Å². The number of methoxy groups -OCH3 is 1. The summed E-state index contributed by atoms with van der Waals surface area (Å²) in [6, 6.07) is 6.94. The first-order valence-electron chi connectivity index (χ1n) is 5.00. The first-order valence-corrected chi connectivity index (χ1v) is 5.00. The first kappa shape index (κ1) is 11.2.